The van der Waals surface area contributed by atoms with Crippen LogP contribution in [0.4, 0.5) is 0 Å². The molecule has 0 aromatic heterocycles. The van der Waals surface area contributed by atoms with Crippen LogP contribution in [0.15, 0.2) is 24.3 Å². The molecule has 3 nitrogen and oxygen atoms in total. The fraction of sp³-hybridized carbons (Fsp3) is 0.538. The topological polar surface area (TPSA) is 41.5 Å². The summed E-state index contributed by atoms with van der Waals surface area (Å²) in [7, 11) is 0. The third kappa shape index (κ3) is 5.73. The molecular formula is C13H21NO2. The minimum atomic E-state index is -0.231. The predicted molar refractivity (Wildman–Crippen MR) is 65.8 cm³/mol. The van der Waals surface area contributed by atoms with Gasteiger partial charge in [0.2, 0.25) is 0 Å². The van der Waals surface area contributed by atoms with E-state index in [-0.39, 0.29) is 6.10 Å². The normalized spacial score (nSPS) is 12.4. The number of ether oxygens (including phenoxy) is 1. The van der Waals surface area contributed by atoms with Crippen LogP contribution < -0.4 is 10.1 Å². The van der Waals surface area contributed by atoms with E-state index in [2.05, 4.69) is 5.32 Å². The van der Waals surface area contributed by atoms with Crippen molar-refractivity contribution < 1.29 is 9.84 Å². The van der Waals surface area contributed by atoms with Gasteiger partial charge < -0.3 is 15.2 Å². The molecule has 90 valence electrons. The Morgan fingerprint density at radius 2 is 2.19 bits per heavy atom. The molecule has 3 heteroatoms. The summed E-state index contributed by atoms with van der Waals surface area (Å²) in [6.45, 7) is 6.14. The molecule has 0 aliphatic rings. The van der Waals surface area contributed by atoms with Gasteiger partial charge in [-0.3, -0.25) is 0 Å². The highest BCUT2D eigenvalue weighted by Gasteiger charge is 1.95. The average molecular weight is 223 g/mol. The predicted octanol–water partition coefficient (Wildman–Crippen LogP) is 1.73. The van der Waals surface area contributed by atoms with E-state index >= 15 is 0 Å². The number of aryl methyl sites for hydroxylation is 1. The van der Waals surface area contributed by atoms with Crippen molar-refractivity contribution in [2.75, 3.05) is 19.7 Å². The first kappa shape index (κ1) is 13.0. The van der Waals surface area contributed by atoms with Crippen LogP contribution in [0, 0.1) is 6.92 Å². The van der Waals surface area contributed by atoms with E-state index in [1.54, 1.807) is 6.92 Å². The molecule has 0 aliphatic carbocycles. The van der Waals surface area contributed by atoms with Crippen LogP contribution in [0.5, 0.6) is 5.75 Å². The van der Waals surface area contributed by atoms with E-state index in [9.17, 15) is 0 Å². The van der Waals surface area contributed by atoms with E-state index in [1.807, 2.05) is 31.2 Å². The third-order valence-corrected chi connectivity index (χ3v) is 2.28. The lowest BCUT2D eigenvalue weighted by molar-refractivity contribution is 0.182. The van der Waals surface area contributed by atoms with E-state index in [1.165, 1.54) is 5.56 Å². The van der Waals surface area contributed by atoms with Crippen molar-refractivity contribution >= 4 is 0 Å². The van der Waals surface area contributed by atoms with Crippen LogP contribution in [0.2, 0.25) is 0 Å². The molecule has 1 aromatic rings. The molecule has 2 N–H and O–H groups in total. The summed E-state index contributed by atoms with van der Waals surface area (Å²) >= 11 is 0. The number of nitrogens with one attached hydrogen (secondary N) is 1. The van der Waals surface area contributed by atoms with Gasteiger partial charge >= 0.3 is 0 Å². The number of aliphatic hydroxyl groups excluding tert-OH is 1. The van der Waals surface area contributed by atoms with E-state index in [0.29, 0.717) is 6.61 Å². The number of benzene rings is 1. The summed E-state index contributed by atoms with van der Waals surface area (Å²) in [5, 5.41) is 12.3. The van der Waals surface area contributed by atoms with Gasteiger partial charge in [0.05, 0.1) is 6.10 Å². The van der Waals surface area contributed by atoms with Gasteiger partial charge in [-0.05, 0) is 44.5 Å². The fourth-order valence-corrected chi connectivity index (χ4v) is 1.38. The number of aliphatic hydroxyl groups is 1. The SMILES string of the molecule is Cc1cccc(OCCNCCC(C)O)c1. The first-order valence-corrected chi connectivity index (χ1v) is 5.77. The van der Waals surface area contributed by atoms with Crippen molar-refractivity contribution in [3.05, 3.63) is 29.8 Å². The largest absolute Gasteiger partial charge is 0.492 e. The molecule has 1 aromatic carbocycles. The third-order valence-electron chi connectivity index (χ3n) is 2.28. The van der Waals surface area contributed by atoms with E-state index in [4.69, 9.17) is 9.84 Å². The lowest BCUT2D eigenvalue weighted by atomic mass is 10.2. The molecule has 0 heterocycles. The summed E-state index contributed by atoms with van der Waals surface area (Å²) in [6.07, 6.45) is 0.551. The second-order valence-electron chi connectivity index (χ2n) is 4.05. The highest BCUT2D eigenvalue weighted by molar-refractivity contribution is 5.27. The molecule has 0 amide bonds. The monoisotopic (exact) mass is 223 g/mol. The Balaban J connectivity index is 2.07. The van der Waals surface area contributed by atoms with Crippen LogP contribution in [0.25, 0.3) is 0 Å². The number of rotatable bonds is 7. The number of hydrogen-bond acceptors (Lipinski definition) is 3. The maximum Gasteiger partial charge on any atom is 0.119 e. The summed E-state index contributed by atoms with van der Waals surface area (Å²) in [4.78, 5) is 0. The standard InChI is InChI=1S/C13H21NO2/c1-11-4-3-5-13(10-11)16-9-8-14-7-6-12(2)15/h3-5,10,12,14-15H,6-9H2,1-2H3. The first-order valence-electron chi connectivity index (χ1n) is 5.77. The molecule has 0 saturated heterocycles. The fourth-order valence-electron chi connectivity index (χ4n) is 1.38. The van der Waals surface area contributed by atoms with Gasteiger partial charge in [0.25, 0.3) is 0 Å². The van der Waals surface area contributed by atoms with E-state index < -0.39 is 0 Å². The molecule has 0 spiro atoms. The summed E-state index contributed by atoms with van der Waals surface area (Å²) in [6, 6.07) is 8.03. The first-order chi connectivity index (χ1) is 7.68. The van der Waals surface area contributed by atoms with Crippen molar-refractivity contribution in [2.45, 2.75) is 26.4 Å². The molecule has 0 bridgehead atoms. The molecule has 16 heavy (non-hydrogen) atoms. The van der Waals surface area contributed by atoms with Gasteiger partial charge in [-0.25, -0.2) is 0 Å². The summed E-state index contributed by atoms with van der Waals surface area (Å²) in [5.41, 5.74) is 1.21. The summed E-state index contributed by atoms with van der Waals surface area (Å²) in [5.74, 6) is 0.914. The molecule has 0 fully saturated rings. The van der Waals surface area contributed by atoms with Crippen LogP contribution in [0.1, 0.15) is 18.9 Å². The van der Waals surface area contributed by atoms with Crippen LogP contribution in [-0.2, 0) is 0 Å². The minimum Gasteiger partial charge on any atom is -0.492 e. The quantitative estimate of drug-likeness (QED) is 0.692. The smallest absolute Gasteiger partial charge is 0.119 e. The second-order valence-corrected chi connectivity index (χ2v) is 4.05. The minimum absolute atomic E-state index is 0.231. The van der Waals surface area contributed by atoms with Gasteiger partial charge in [0, 0.05) is 6.54 Å². The zero-order valence-electron chi connectivity index (χ0n) is 10.1. The average Bonchev–Trinajstić information content (AvgIpc) is 2.23. The van der Waals surface area contributed by atoms with E-state index in [0.717, 1.165) is 25.3 Å². The van der Waals surface area contributed by atoms with Crippen molar-refractivity contribution in [1.29, 1.82) is 0 Å². The van der Waals surface area contributed by atoms with Gasteiger partial charge in [-0.15, -0.1) is 0 Å². The lowest BCUT2D eigenvalue weighted by Gasteiger charge is -2.08. The Bertz CT molecular complexity index is 300. The van der Waals surface area contributed by atoms with Crippen LogP contribution >= 0.6 is 0 Å². The molecule has 0 aliphatic heterocycles. The zero-order valence-corrected chi connectivity index (χ0v) is 10.1. The Hall–Kier alpha value is -1.06. The van der Waals surface area contributed by atoms with Gasteiger partial charge in [-0.1, -0.05) is 12.1 Å². The van der Waals surface area contributed by atoms with Gasteiger partial charge in [0.1, 0.15) is 12.4 Å². The Morgan fingerprint density at radius 3 is 2.88 bits per heavy atom. The molecule has 1 rings (SSSR count). The van der Waals surface area contributed by atoms with Gasteiger partial charge in [-0.2, -0.15) is 0 Å². The number of hydrogen-bond donors (Lipinski definition) is 2. The van der Waals surface area contributed by atoms with Crippen LogP contribution in [-0.4, -0.2) is 30.9 Å². The van der Waals surface area contributed by atoms with Crippen molar-refractivity contribution in [1.82, 2.24) is 5.32 Å². The Morgan fingerprint density at radius 1 is 1.38 bits per heavy atom. The molecule has 0 saturated carbocycles. The second kappa shape index (κ2) is 7.25. The maximum atomic E-state index is 9.05. The Kier molecular flexibility index (Phi) is 5.90. The zero-order chi connectivity index (χ0) is 11.8. The van der Waals surface area contributed by atoms with Gasteiger partial charge in [0.15, 0.2) is 0 Å². The highest BCUT2D eigenvalue weighted by Crippen LogP contribution is 2.11. The Labute approximate surface area is 97.4 Å². The molecule has 1 atom stereocenters. The molecule has 1 unspecified atom stereocenters. The molecule has 0 radical (unpaired) electrons. The lowest BCUT2D eigenvalue weighted by Crippen LogP contribution is -2.24. The maximum absolute atomic E-state index is 9.05. The van der Waals surface area contributed by atoms with Crippen molar-refractivity contribution in [2.24, 2.45) is 0 Å². The summed E-state index contributed by atoms with van der Waals surface area (Å²) < 4.78 is 5.57. The molecular weight excluding hydrogens is 202 g/mol. The van der Waals surface area contributed by atoms with Crippen LogP contribution in [0.3, 0.4) is 0 Å². The van der Waals surface area contributed by atoms with Crippen molar-refractivity contribution in [3.63, 3.8) is 0 Å². The highest BCUT2D eigenvalue weighted by atomic mass is 16.5. The van der Waals surface area contributed by atoms with Crippen molar-refractivity contribution in [3.8, 4) is 5.75 Å².